The Morgan fingerprint density at radius 2 is 2.00 bits per heavy atom. The van der Waals surface area contributed by atoms with E-state index in [4.69, 9.17) is 10.5 Å². The molecule has 1 fully saturated rings. The van der Waals surface area contributed by atoms with Crippen LogP contribution in [0.4, 0.5) is 11.4 Å². The summed E-state index contributed by atoms with van der Waals surface area (Å²) in [6, 6.07) is 6.59. The van der Waals surface area contributed by atoms with Crippen molar-refractivity contribution in [1.29, 1.82) is 0 Å². The van der Waals surface area contributed by atoms with Crippen LogP contribution in [-0.4, -0.2) is 12.1 Å². The highest BCUT2D eigenvalue weighted by Gasteiger charge is 2.16. The fraction of sp³-hybridized carbons (Fsp3) is 0.647. The molecule has 0 spiro atoms. The third-order valence-electron chi connectivity index (χ3n) is 4.00. The molecule has 0 heterocycles. The zero-order valence-electron chi connectivity index (χ0n) is 13.0. The Balaban J connectivity index is 2.01. The highest BCUT2D eigenvalue weighted by atomic mass is 16.5. The Morgan fingerprint density at radius 3 is 2.75 bits per heavy atom. The topological polar surface area (TPSA) is 47.3 Å². The first-order chi connectivity index (χ1) is 9.54. The van der Waals surface area contributed by atoms with Crippen LogP contribution in [0.3, 0.4) is 0 Å². The van der Waals surface area contributed by atoms with Gasteiger partial charge in [-0.2, -0.15) is 0 Å². The van der Waals surface area contributed by atoms with Gasteiger partial charge in [0, 0.05) is 17.8 Å². The molecule has 0 amide bonds. The lowest BCUT2D eigenvalue weighted by atomic mass is 10.0. The second-order valence-corrected chi connectivity index (χ2v) is 6.37. The quantitative estimate of drug-likeness (QED) is 0.631. The van der Waals surface area contributed by atoms with Gasteiger partial charge in [0.1, 0.15) is 5.75 Å². The van der Waals surface area contributed by atoms with Crippen LogP contribution in [0.25, 0.3) is 0 Å². The molecule has 3 heteroatoms. The highest BCUT2D eigenvalue weighted by molar-refractivity contribution is 5.61. The number of hydrogen-bond donors (Lipinski definition) is 2. The van der Waals surface area contributed by atoms with Crippen LogP contribution >= 0.6 is 0 Å². The summed E-state index contributed by atoms with van der Waals surface area (Å²) in [5, 5.41) is 3.65. The number of benzene rings is 1. The van der Waals surface area contributed by atoms with Gasteiger partial charge in [-0.1, -0.05) is 19.8 Å². The monoisotopic (exact) mass is 276 g/mol. The van der Waals surface area contributed by atoms with Crippen LogP contribution in [0.5, 0.6) is 5.75 Å². The summed E-state index contributed by atoms with van der Waals surface area (Å²) < 4.78 is 5.75. The van der Waals surface area contributed by atoms with E-state index >= 15 is 0 Å². The van der Waals surface area contributed by atoms with Gasteiger partial charge in [0.05, 0.1) is 11.8 Å². The molecule has 1 aromatic rings. The summed E-state index contributed by atoms with van der Waals surface area (Å²) in [5.41, 5.74) is 7.79. The van der Waals surface area contributed by atoms with Crippen LogP contribution in [0.15, 0.2) is 18.2 Å². The largest absolute Gasteiger partial charge is 0.489 e. The minimum Gasteiger partial charge on any atom is -0.489 e. The van der Waals surface area contributed by atoms with Crippen molar-refractivity contribution in [2.75, 3.05) is 11.1 Å². The molecule has 1 saturated carbocycles. The standard InChI is InChI=1S/C17H28N2O/c1-12(2)20-17-11-15(9-10-16(17)18)19-14-6-4-5-13(3)7-8-14/h9-14,19H,4-8,18H2,1-3H3. The zero-order chi connectivity index (χ0) is 14.5. The Labute approximate surface area is 122 Å². The van der Waals surface area contributed by atoms with Gasteiger partial charge in [-0.05, 0) is 51.2 Å². The van der Waals surface area contributed by atoms with E-state index in [1.807, 2.05) is 26.0 Å². The Hall–Kier alpha value is -1.38. The molecular weight excluding hydrogens is 248 g/mol. The van der Waals surface area contributed by atoms with Crippen molar-refractivity contribution in [3.05, 3.63) is 18.2 Å². The molecule has 0 bridgehead atoms. The van der Waals surface area contributed by atoms with Crippen LogP contribution in [-0.2, 0) is 0 Å². The summed E-state index contributed by atoms with van der Waals surface area (Å²) in [4.78, 5) is 0. The van der Waals surface area contributed by atoms with Gasteiger partial charge in [-0.3, -0.25) is 0 Å². The van der Waals surface area contributed by atoms with Gasteiger partial charge in [0.25, 0.3) is 0 Å². The summed E-state index contributed by atoms with van der Waals surface area (Å²) in [6.07, 6.45) is 6.67. The number of nitrogens with two attached hydrogens (primary N) is 1. The average Bonchev–Trinajstić information content (AvgIpc) is 2.58. The van der Waals surface area contributed by atoms with E-state index in [2.05, 4.69) is 18.3 Å². The molecule has 20 heavy (non-hydrogen) atoms. The number of nitrogen functional groups attached to an aromatic ring is 1. The first-order valence-electron chi connectivity index (χ1n) is 7.87. The Morgan fingerprint density at radius 1 is 1.20 bits per heavy atom. The smallest absolute Gasteiger partial charge is 0.144 e. The van der Waals surface area contributed by atoms with Crippen molar-refractivity contribution in [2.45, 2.75) is 65.0 Å². The first kappa shape index (κ1) is 15.0. The second-order valence-electron chi connectivity index (χ2n) is 6.37. The summed E-state index contributed by atoms with van der Waals surface area (Å²) in [6.45, 7) is 6.40. The minimum absolute atomic E-state index is 0.145. The van der Waals surface area contributed by atoms with E-state index in [0.717, 1.165) is 17.4 Å². The second kappa shape index (κ2) is 6.87. The van der Waals surface area contributed by atoms with Crippen LogP contribution in [0.2, 0.25) is 0 Å². The molecule has 3 nitrogen and oxygen atoms in total. The lowest BCUT2D eigenvalue weighted by molar-refractivity contribution is 0.244. The number of rotatable bonds is 4. The van der Waals surface area contributed by atoms with Gasteiger partial charge < -0.3 is 15.8 Å². The maximum atomic E-state index is 5.96. The molecular formula is C17H28N2O. The van der Waals surface area contributed by atoms with Crippen LogP contribution in [0.1, 0.15) is 52.9 Å². The summed E-state index contributed by atoms with van der Waals surface area (Å²) >= 11 is 0. The molecule has 1 aromatic carbocycles. The highest BCUT2D eigenvalue weighted by Crippen LogP contribution is 2.29. The lowest BCUT2D eigenvalue weighted by Gasteiger charge is -2.19. The lowest BCUT2D eigenvalue weighted by Crippen LogP contribution is -2.18. The molecule has 0 radical (unpaired) electrons. The summed E-state index contributed by atoms with van der Waals surface area (Å²) in [7, 11) is 0. The van der Waals surface area contributed by atoms with Gasteiger partial charge in [0.2, 0.25) is 0 Å². The molecule has 0 saturated heterocycles. The Kier molecular flexibility index (Phi) is 5.16. The minimum atomic E-state index is 0.145. The predicted molar refractivity (Wildman–Crippen MR) is 86.3 cm³/mol. The first-order valence-corrected chi connectivity index (χ1v) is 7.87. The molecule has 0 aliphatic heterocycles. The SMILES string of the molecule is CC1CCCC(Nc2ccc(N)c(OC(C)C)c2)CC1. The number of hydrogen-bond acceptors (Lipinski definition) is 3. The van der Waals surface area contributed by atoms with Crippen LogP contribution < -0.4 is 15.8 Å². The van der Waals surface area contributed by atoms with Gasteiger partial charge in [-0.25, -0.2) is 0 Å². The summed E-state index contributed by atoms with van der Waals surface area (Å²) in [5.74, 6) is 1.65. The maximum absolute atomic E-state index is 5.96. The molecule has 1 aliphatic rings. The van der Waals surface area contributed by atoms with Crippen molar-refractivity contribution in [3.8, 4) is 5.75 Å². The maximum Gasteiger partial charge on any atom is 0.144 e. The Bertz CT molecular complexity index is 431. The van der Waals surface area contributed by atoms with Gasteiger partial charge >= 0.3 is 0 Å². The van der Waals surface area contributed by atoms with Gasteiger partial charge in [-0.15, -0.1) is 0 Å². The molecule has 2 rings (SSSR count). The number of nitrogens with one attached hydrogen (secondary N) is 1. The molecule has 0 aromatic heterocycles. The van der Waals surface area contributed by atoms with E-state index in [0.29, 0.717) is 11.7 Å². The van der Waals surface area contributed by atoms with Crippen molar-refractivity contribution in [2.24, 2.45) is 5.92 Å². The third-order valence-corrected chi connectivity index (χ3v) is 4.00. The third kappa shape index (κ3) is 4.32. The zero-order valence-corrected chi connectivity index (χ0v) is 13.0. The van der Waals surface area contributed by atoms with E-state index in [-0.39, 0.29) is 6.10 Å². The molecule has 2 atom stereocenters. The molecule has 2 unspecified atom stereocenters. The number of ether oxygens (including phenoxy) is 1. The van der Waals surface area contributed by atoms with Gasteiger partial charge in [0.15, 0.2) is 0 Å². The van der Waals surface area contributed by atoms with Crippen molar-refractivity contribution in [3.63, 3.8) is 0 Å². The molecule has 112 valence electrons. The van der Waals surface area contributed by atoms with Crippen LogP contribution in [0, 0.1) is 5.92 Å². The predicted octanol–water partition coefficient (Wildman–Crippen LogP) is 4.44. The van der Waals surface area contributed by atoms with E-state index in [9.17, 15) is 0 Å². The fourth-order valence-electron chi connectivity index (χ4n) is 2.85. The number of anilines is 2. The van der Waals surface area contributed by atoms with Crippen molar-refractivity contribution in [1.82, 2.24) is 0 Å². The van der Waals surface area contributed by atoms with Crippen molar-refractivity contribution >= 4 is 11.4 Å². The van der Waals surface area contributed by atoms with E-state index in [1.54, 1.807) is 0 Å². The average molecular weight is 276 g/mol. The van der Waals surface area contributed by atoms with Crippen molar-refractivity contribution < 1.29 is 4.74 Å². The normalized spacial score (nSPS) is 23.4. The molecule has 3 N–H and O–H groups in total. The van der Waals surface area contributed by atoms with E-state index in [1.165, 1.54) is 32.1 Å². The molecule has 1 aliphatic carbocycles. The fourth-order valence-corrected chi connectivity index (χ4v) is 2.85. The van der Waals surface area contributed by atoms with E-state index < -0.39 is 0 Å².